The topological polar surface area (TPSA) is 0 Å². The van der Waals surface area contributed by atoms with Crippen molar-refractivity contribution in [2.45, 2.75) is 20.8 Å². The molecule has 0 saturated carbocycles. The minimum atomic E-state index is -0.968. The van der Waals surface area contributed by atoms with Crippen LogP contribution in [0, 0.1) is 20.8 Å². The molecule has 0 aliphatic carbocycles. The van der Waals surface area contributed by atoms with Gasteiger partial charge in [-0.05, 0) is 55.7 Å². The normalized spacial score (nSPS) is 10.5. The van der Waals surface area contributed by atoms with Crippen LogP contribution in [0.4, 0.5) is 0 Å². The first-order chi connectivity index (χ1) is 12.1. The van der Waals surface area contributed by atoms with Gasteiger partial charge >= 0.3 is 35.0 Å². The van der Waals surface area contributed by atoms with Crippen molar-refractivity contribution < 1.29 is 15.9 Å². The average Bonchev–Trinajstić information content (AvgIpc) is 2.60. The summed E-state index contributed by atoms with van der Waals surface area (Å²) >= 11 is -0.106. The number of rotatable bonds is 3. The molecular weight excluding hydrogens is 461 g/mol. The van der Waals surface area contributed by atoms with Gasteiger partial charge in [0.05, 0.1) is 7.92 Å². The number of aryl methyl sites for hydroxylation is 3. The summed E-state index contributed by atoms with van der Waals surface area (Å²) in [7, 11) is 8.66. The molecule has 0 aliphatic rings. The van der Waals surface area contributed by atoms with Crippen molar-refractivity contribution in [2.24, 2.45) is 0 Å². The van der Waals surface area contributed by atoms with Gasteiger partial charge in [-0.25, -0.2) is 0 Å². The second-order valence-corrected chi connectivity index (χ2v) is 10.6. The Morgan fingerprint density at radius 3 is 1.04 bits per heavy atom. The quantitative estimate of drug-likeness (QED) is 0.343. The standard InChI is InChI=1S/C21H21P.2ClH.Pd/c1-16-10-4-7-13-19(16)22(20-14-8-5-11-17(20)2)21-15-9-6-12-18(21)3;;;/h4-15H,1-3H3;2*1H;/q;;;+2/p-1. The molecule has 0 nitrogen and oxygen atoms in total. The number of halogens is 2. The summed E-state index contributed by atoms with van der Waals surface area (Å²) < 4.78 is 0. The van der Waals surface area contributed by atoms with Gasteiger partial charge in [-0.1, -0.05) is 54.6 Å². The second kappa shape index (κ2) is 10.5. The number of hydrogen-bond donors (Lipinski definition) is 0. The summed E-state index contributed by atoms with van der Waals surface area (Å²) in [5.74, 6) is 0. The molecule has 134 valence electrons. The summed E-state index contributed by atoms with van der Waals surface area (Å²) in [6.45, 7) is 6.70. The zero-order chi connectivity index (χ0) is 18.2. The average molecular weight is 483 g/mol. The van der Waals surface area contributed by atoms with Crippen molar-refractivity contribution in [1.82, 2.24) is 0 Å². The summed E-state index contributed by atoms with van der Waals surface area (Å²) in [4.78, 5) is 0. The SMILES string of the molecule is Cc1ccccc1[PH+](c1ccccc1C)c1ccccc1C.[Cl][Pd][Cl]. The van der Waals surface area contributed by atoms with Gasteiger partial charge in [-0.3, -0.25) is 0 Å². The minimum absolute atomic E-state index is 0.106. The fourth-order valence-electron chi connectivity index (χ4n) is 3.00. The van der Waals surface area contributed by atoms with Gasteiger partial charge in [-0.15, -0.1) is 0 Å². The van der Waals surface area contributed by atoms with E-state index in [1.807, 2.05) is 0 Å². The van der Waals surface area contributed by atoms with Crippen LogP contribution in [0.15, 0.2) is 72.8 Å². The molecule has 0 aliphatic heterocycles. The second-order valence-electron chi connectivity index (χ2n) is 5.86. The molecule has 0 fully saturated rings. The first-order valence-corrected chi connectivity index (χ1v) is 13.5. The third-order valence-corrected chi connectivity index (χ3v) is 7.54. The Morgan fingerprint density at radius 1 is 0.560 bits per heavy atom. The fourth-order valence-corrected chi connectivity index (χ4v) is 6.09. The molecule has 0 saturated heterocycles. The van der Waals surface area contributed by atoms with E-state index >= 15 is 0 Å². The number of benzene rings is 3. The van der Waals surface area contributed by atoms with Crippen LogP contribution in [-0.2, 0) is 15.9 Å². The molecular formula is C21H22Cl2PPd+. The van der Waals surface area contributed by atoms with Gasteiger partial charge in [0.25, 0.3) is 0 Å². The third-order valence-electron chi connectivity index (χ3n) is 4.24. The fraction of sp³-hybridized carbons (Fsp3) is 0.143. The van der Waals surface area contributed by atoms with E-state index in [9.17, 15) is 0 Å². The van der Waals surface area contributed by atoms with E-state index in [0.717, 1.165) is 0 Å². The predicted octanol–water partition coefficient (Wildman–Crippen LogP) is 5.48. The van der Waals surface area contributed by atoms with Crippen LogP contribution in [0.25, 0.3) is 0 Å². The molecule has 0 aromatic heterocycles. The molecule has 0 heterocycles. The molecule has 25 heavy (non-hydrogen) atoms. The summed E-state index contributed by atoms with van der Waals surface area (Å²) in [6.07, 6.45) is 0. The molecule has 3 aromatic carbocycles. The first kappa shape index (κ1) is 20.6. The van der Waals surface area contributed by atoms with Crippen molar-refractivity contribution in [1.29, 1.82) is 0 Å². The first-order valence-electron chi connectivity index (χ1n) is 7.97. The van der Waals surface area contributed by atoms with Gasteiger partial charge in [0.15, 0.2) is 0 Å². The molecule has 0 bridgehead atoms. The van der Waals surface area contributed by atoms with Crippen molar-refractivity contribution >= 4 is 42.9 Å². The Kier molecular flexibility index (Phi) is 8.65. The zero-order valence-corrected chi connectivity index (χ0v) is 18.6. The van der Waals surface area contributed by atoms with E-state index in [1.165, 1.54) is 32.6 Å². The van der Waals surface area contributed by atoms with E-state index < -0.39 is 7.92 Å². The Hall–Kier alpha value is -0.668. The van der Waals surface area contributed by atoms with Gasteiger partial charge in [-0.2, -0.15) is 0 Å². The molecule has 0 radical (unpaired) electrons. The zero-order valence-electron chi connectivity index (χ0n) is 14.5. The van der Waals surface area contributed by atoms with Crippen LogP contribution in [0.1, 0.15) is 16.7 Å². The summed E-state index contributed by atoms with van der Waals surface area (Å²) in [5, 5.41) is 4.49. The van der Waals surface area contributed by atoms with Crippen LogP contribution in [-0.4, -0.2) is 0 Å². The molecule has 3 rings (SSSR count). The van der Waals surface area contributed by atoms with Crippen LogP contribution in [0.5, 0.6) is 0 Å². The molecule has 0 N–H and O–H groups in total. The Labute approximate surface area is 168 Å². The molecule has 0 atom stereocenters. The molecule has 0 unspecified atom stereocenters. The summed E-state index contributed by atoms with van der Waals surface area (Å²) in [5.41, 5.74) is 4.17. The van der Waals surface area contributed by atoms with Crippen molar-refractivity contribution in [3.05, 3.63) is 89.5 Å². The molecule has 0 spiro atoms. The van der Waals surface area contributed by atoms with Crippen molar-refractivity contribution in [3.63, 3.8) is 0 Å². The van der Waals surface area contributed by atoms with Crippen LogP contribution >= 0.6 is 27.0 Å². The third kappa shape index (κ3) is 5.40. The van der Waals surface area contributed by atoms with E-state index in [1.54, 1.807) is 0 Å². The van der Waals surface area contributed by atoms with E-state index in [-0.39, 0.29) is 15.9 Å². The maximum absolute atomic E-state index is 4.81. The van der Waals surface area contributed by atoms with Crippen LogP contribution in [0.3, 0.4) is 0 Å². The van der Waals surface area contributed by atoms with Crippen molar-refractivity contribution in [2.75, 3.05) is 0 Å². The predicted molar refractivity (Wildman–Crippen MR) is 112 cm³/mol. The van der Waals surface area contributed by atoms with Gasteiger partial charge < -0.3 is 0 Å². The van der Waals surface area contributed by atoms with Crippen LogP contribution in [0.2, 0.25) is 0 Å². The van der Waals surface area contributed by atoms with Crippen molar-refractivity contribution in [3.8, 4) is 0 Å². The monoisotopic (exact) mass is 481 g/mol. The van der Waals surface area contributed by atoms with E-state index in [2.05, 4.69) is 93.6 Å². The van der Waals surface area contributed by atoms with Gasteiger partial charge in [0, 0.05) is 0 Å². The van der Waals surface area contributed by atoms with Crippen LogP contribution < -0.4 is 15.9 Å². The Morgan fingerprint density at radius 2 is 0.800 bits per heavy atom. The van der Waals surface area contributed by atoms with E-state index in [4.69, 9.17) is 19.1 Å². The van der Waals surface area contributed by atoms with E-state index in [0.29, 0.717) is 0 Å². The molecule has 3 aromatic rings. The van der Waals surface area contributed by atoms with Gasteiger partial charge in [0.1, 0.15) is 15.9 Å². The molecule has 4 heteroatoms. The Bertz CT molecular complexity index is 712. The van der Waals surface area contributed by atoms with Gasteiger partial charge in [0.2, 0.25) is 0 Å². The Balaban J connectivity index is 0.000000701. The summed E-state index contributed by atoms with van der Waals surface area (Å²) in [6, 6.07) is 26.5. The molecule has 0 amide bonds. The number of hydrogen-bond acceptors (Lipinski definition) is 0. The maximum atomic E-state index is 4.81.